The van der Waals surface area contributed by atoms with Gasteiger partial charge in [0.1, 0.15) is 22.8 Å². The van der Waals surface area contributed by atoms with Gasteiger partial charge in [0.05, 0.1) is 10.3 Å². The first-order valence-electron chi connectivity index (χ1n) is 13.4. The predicted molar refractivity (Wildman–Crippen MR) is 164 cm³/mol. The lowest BCUT2D eigenvalue weighted by molar-refractivity contribution is -0.143. The number of anilines is 2. The Kier molecular flexibility index (Phi) is 11.2. The largest absolute Gasteiger partial charge is 0.422 e. The van der Waals surface area contributed by atoms with Crippen LogP contribution < -0.4 is 16.0 Å². The van der Waals surface area contributed by atoms with Gasteiger partial charge in [0, 0.05) is 21.7 Å². The minimum absolute atomic E-state index is 0.0542. The third kappa shape index (κ3) is 8.33. The molecule has 4 rings (SSSR count). The van der Waals surface area contributed by atoms with E-state index in [0.717, 1.165) is 23.9 Å². The van der Waals surface area contributed by atoms with Crippen molar-refractivity contribution in [2.45, 2.75) is 23.2 Å². The molecule has 0 aliphatic heterocycles. The fourth-order valence-corrected chi connectivity index (χ4v) is 5.20. The monoisotopic (exact) mass is 713 g/mol. The Morgan fingerprint density at radius 3 is 2.04 bits per heavy atom. The Hall–Kier alpha value is -4.89. The summed E-state index contributed by atoms with van der Waals surface area (Å²) in [5, 5.41) is 5.19. The minimum Gasteiger partial charge on any atom is -0.321 e. The molecule has 3 N–H and O–H groups in total. The summed E-state index contributed by atoms with van der Waals surface area (Å²) in [5.41, 5.74) is -4.84. The average Bonchev–Trinajstić information content (AvgIpc) is 3.03. The van der Waals surface area contributed by atoms with Crippen molar-refractivity contribution in [3.8, 4) is 0 Å². The summed E-state index contributed by atoms with van der Waals surface area (Å²) in [5.74, 6) is -14.0. The van der Waals surface area contributed by atoms with E-state index in [1.165, 1.54) is 55.5 Å². The van der Waals surface area contributed by atoms with Gasteiger partial charge in [-0.25, -0.2) is 22.0 Å². The summed E-state index contributed by atoms with van der Waals surface area (Å²) in [6.07, 6.45) is -4.72. The summed E-state index contributed by atoms with van der Waals surface area (Å²) < 4.78 is 110. The van der Waals surface area contributed by atoms with E-state index in [4.69, 9.17) is 11.6 Å². The van der Waals surface area contributed by atoms with Gasteiger partial charge in [-0.05, 0) is 55.5 Å². The van der Waals surface area contributed by atoms with E-state index < -0.39 is 75.2 Å². The molecule has 0 saturated carbocycles. The van der Waals surface area contributed by atoms with Crippen molar-refractivity contribution in [2.75, 3.05) is 10.6 Å². The lowest BCUT2D eigenvalue weighted by Gasteiger charge is -2.17. The van der Waals surface area contributed by atoms with Crippen LogP contribution in [0.3, 0.4) is 0 Å². The first kappa shape index (κ1) is 36.0. The van der Waals surface area contributed by atoms with E-state index in [1.54, 1.807) is 23.5 Å². The number of benzene rings is 4. The van der Waals surface area contributed by atoms with Crippen LogP contribution in [-0.4, -0.2) is 23.0 Å². The summed E-state index contributed by atoms with van der Waals surface area (Å²) in [7, 11) is 0. The van der Waals surface area contributed by atoms with Crippen LogP contribution >= 0.6 is 23.4 Å². The normalized spacial score (nSPS) is 12.3. The number of hydrogen-bond acceptors (Lipinski definition) is 4. The number of carbonyl (C=O) groups excluding carboxylic acids is 3. The molecule has 3 amide bonds. The molecular formula is C32H20ClF8N3O3S. The third-order valence-corrected chi connectivity index (χ3v) is 7.81. The number of nitrogens with one attached hydrogen (secondary N) is 3. The van der Waals surface area contributed by atoms with Gasteiger partial charge < -0.3 is 16.0 Å². The number of carbonyl (C=O) groups is 3. The van der Waals surface area contributed by atoms with Crippen LogP contribution in [0.1, 0.15) is 28.4 Å². The van der Waals surface area contributed by atoms with Crippen LogP contribution in [-0.2, 0) is 15.8 Å². The molecule has 250 valence electrons. The fraction of sp³-hybridized carbons (Fsp3) is 0.0938. The van der Waals surface area contributed by atoms with Gasteiger partial charge in [-0.3, -0.25) is 14.4 Å². The summed E-state index contributed by atoms with van der Waals surface area (Å²) in [4.78, 5) is 39.1. The van der Waals surface area contributed by atoms with Gasteiger partial charge in [0.25, 0.3) is 11.8 Å². The fourth-order valence-electron chi connectivity index (χ4n) is 4.05. The van der Waals surface area contributed by atoms with Crippen LogP contribution in [0.5, 0.6) is 0 Å². The lowest BCUT2D eigenvalue weighted by Crippen LogP contribution is -2.30. The van der Waals surface area contributed by atoms with Gasteiger partial charge in [-0.15, -0.1) is 11.8 Å². The zero-order valence-electron chi connectivity index (χ0n) is 24.1. The SMILES string of the molecule is CC(Sc1cccc(NC(=O)/C(=C\c2c(F)cccc2Cl)NC(=O)c2ccccc2)c1)C(=O)Nc1c(F)c(F)c(C(F)(F)F)c(F)c1F. The molecule has 1 unspecified atom stereocenters. The van der Waals surface area contributed by atoms with Crippen molar-refractivity contribution in [2.24, 2.45) is 0 Å². The average molecular weight is 714 g/mol. The van der Waals surface area contributed by atoms with Crippen molar-refractivity contribution in [3.05, 3.63) is 129 Å². The quantitative estimate of drug-likeness (QED) is 0.0702. The van der Waals surface area contributed by atoms with Gasteiger partial charge in [-0.1, -0.05) is 41.9 Å². The molecule has 4 aromatic rings. The topological polar surface area (TPSA) is 87.3 Å². The number of alkyl halides is 3. The highest BCUT2D eigenvalue weighted by atomic mass is 35.5. The van der Waals surface area contributed by atoms with Crippen LogP contribution in [0.4, 0.5) is 46.5 Å². The molecule has 6 nitrogen and oxygen atoms in total. The van der Waals surface area contributed by atoms with Crippen molar-refractivity contribution >= 4 is 58.5 Å². The molecule has 0 spiro atoms. The van der Waals surface area contributed by atoms with Gasteiger partial charge >= 0.3 is 6.18 Å². The van der Waals surface area contributed by atoms with Crippen molar-refractivity contribution in [1.82, 2.24) is 5.32 Å². The van der Waals surface area contributed by atoms with Crippen molar-refractivity contribution < 1.29 is 49.5 Å². The van der Waals surface area contributed by atoms with E-state index >= 15 is 0 Å². The highest BCUT2D eigenvalue weighted by Gasteiger charge is 2.42. The Labute approximate surface area is 276 Å². The molecule has 0 aromatic heterocycles. The third-order valence-electron chi connectivity index (χ3n) is 6.39. The summed E-state index contributed by atoms with van der Waals surface area (Å²) in [6.45, 7) is 1.22. The first-order chi connectivity index (χ1) is 22.6. The van der Waals surface area contributed by atoms with Crippen LogP contribution in [0.25, 0.3) is 6.08 Å². The predicted octanol–water partition coefficient (Wildman–Crippen LogP) is 8.58. The molecule has 0 aliphatic carbocycles. The second-order valence-corrected chi connectivity index (χ2v) is 11.6. The maximum absolute atomic E-state index is 14.6. The van der Waals surface area contributed by atoms with Gasteiger partial charge in [-0.2, -0.15) is 13.2 Å². The lowest BCUT2D eigenvalue weighted by atomic mass is 10.1. The van der Waals surface area contributed by atoms with Crippen molar-refractivity contribution in [3.63, 3.8) is 0 Å². The summed E-state index contributed by atoms with van der Waals surface area (Å²) >= 11 is 6.84. The van der Waals surface area contributed by atoms with E-state index in [9.17, 15) is 49.5 Å². The van der Waals surface area contributed by atoms with E-state index in [1.807, 2.05) is 0 Å². The molecule has 0 bridgehead atoms. The standard InChI is InChI=1S/C32H20ClF8N3O3S/c1-15(29(45)44-28-26(37)24(35)23(32(39,40)41)25(36)27(28)38)48-18-10-5-9-17(13-18)42-31(47)22(14-19-20(33)11-6-12-21(19)34)43-30(46)16-7-3-2-4-8-16/h2-15H,1H3,(H,42,47)(H,43,46)(H,44,45)/b22-14+. The Bertz CT molecular complexity index is 1870. The highest BCUT2D eigenvalue weighted by molar-refractivity contribution is 8.00. The molecule has 48 heavy (non-hydrogen) atoms. The van der Waals surface area contributed by atoms with Gasteiger partial charge in [0.2, 0.25) is 5.91 Å². The number of thioether (sulfide) groups is 1. The minimum atomic E-state index is -5.75. The Balaban J connectivity index is 1.53. The maximum atomic E-state index is 14.6. The number of hydrogen-bond donors (Lipinski definition) is 3. The Morgan fingerprint density at radius 2 is 1.44 bits per heavy atom. The van der Waals surface area contributed by atoms with E-state index in [0.29, 0.717) is 0 Å². The molecule has 0 heterocycles. The molecule has 0 saturated heterocycles. The smallest absolute Gasteiger partial charge is 0.321 e. The maximum Gasteiger partial charge on any atom is 0.422 e. The number of amides is 3. The highest BCUT2D eigenvalue weighted by Crippen LogP contribution is 2.39. The zero-order valence-corrected chi connectivity index (χ0v) is 25.7. The van der Waals surface area contributed by atoms with Crippen LogP contribution in [0.15, 0.2) is 83.4 Å². The van der Waals surface area contributed by atoms with E-state index in [2.05, 4.69) is 10.6 Å². The molecule has 1 atom stereocenters. The molecule has 0 aliphatic rings. The number of halogens is 9. The first-order valence-corrected chi connectivity index (χ1v) is 14.7. The molecule has 0 fully saturated rings. The Morgan fingerprint density at radius 1 is 0.812 bits per heavy atom. The second-order valence-electron chi connectivity index (χ2n) is 9.75. The molecular weight excluding hydrogens is 694 g/mol. The molecule has 4 aromatic carbocycles. The zero-order chi connectivity index (χ0) is 35.3. The van der Waals surface area contributed by atoms with Crippen LogP contribution in [0.2, 0.25) is 5.02 Å². The summed E-state index contributed by atoms with van der Waals surface area (Å²) in [6, 6.07) is 17.3. The van der Waals surface area contributed by atoms with E-state index in [-0.39, 0.29) is 26.7 Å². The number of rotatable bonds is 9. The van der Waals surface area contributed by atoms with Crippen LogP contribution in [0, 0.1) is 29.1 Å². The molecule has 0 radical (unpaired) electrons. The molecule has 16 heteroatoms. The van der Waals surface area contributed by atoms with Gasteiger partial charge in [0.15, 0.2) is 23.3 Å². The second kappa shape index (κ2) is 14.9. The van der Waals surface area contributed by atoms with Crippen molar-refractivity contribution in [1.29, 1.82) is 0 Å².